The Morgan fingerprint density at radius 2 is 1.62 bits per heavy atom. The normalized spacial score (nSPS) is 9.19. The lowest BCUT2D eigenvalue weighted by atomic mass is 10.1. The molecule has 0 amide bonds. The molecule has 0 aliphatic rings. The largest absolute Gasteiger partial charge is 0.388 e. The number of anilines is 1. The third-order valence-electron chi connectivity index (χ3n) is 2.29. The molecule has 84 valence electrons. The first-order valence-electron chi connectivity index (χ1n) is 5.50. The molecule has 2 heteroatoms. The lowest BCUT2D eigenvalue weighted by Crippen LogP contribution is -1.87. The minimum absolute atomic E-state index is 0.717. The van der Waals surface area contributed by atoms with Gasteiger partial charge in [-0.05, 0) is 29.0 Å². The first-order valence-corrected chi connectivity index (χ1v) is 5.50. The summed E-state index contributed by atoms with van der Waals surface area (Å²) in [5.41, 5.74) is 1.80. The van der Waals surface area contributed by atoms with Crippen LogP contribution in [0.25, 0.3) is 10.8 Å². The summed E-state index contributed by atoms with van der Waals surface area (Å²) in [6.07, 6.45) is 0.866. The number of nitrogens with one attached hydrogen (secondary N) is 1. The smallest absolute Gasteiger partial charge is 0.150 e. The number of hydrogen-bond donors (Lipinski definition) is 1. The van der Waals surface area contributed by atoms with Crippen molar-refractivity contribution in [1.29, 1.82) is 0 Å². The molecule has 0 fully saturated rings. The van der Waals surface area contributed by atoms with E-state index in [9.17, 15) is 4.79 Å². The molecule has 0 bridgehead atoms. The molecule has 2 rings (SSSR count). The molecular weight excluding hydrogens is 198 g/mol. The molecule has 0 saturated heterocycles. The van der Waals surface area contributed by atoms with Gasteiger partial charge < -0.3 is 5.32 Å². The predicted molar refractivity (Wildman–Crippen MR) is 70.2 cm³/mol. The lowest BCUT2D eigenvalue weighted by Gasteiger charge is -2.02. The second-order valence-corrected chi connectivity index (χ2v) is 3.19. The van der Waals surface area contributed by atoms with Crippen LogP contribution in [0.3, 0.4) is 0 Å². The van der Waals surface area contributed by atoms with Crippen LogP contribution < -0.4 is 5.32 Å². The summed E-state index contributed by atoms with van der Waals surface area (Å²) in [7, 11) is 1.89. The highest BCUT2D eigenvalue weighted by Crippen LogP contribution is 2.19. The molecule has 0 aromatic heterocycles. The van der Waals surface area contributed by atoms with Crippen LogP contribution in [-0.4, -0.2) is 13.3 Å². The lowest BCUT2D eigenvalue weighted by molar-refractivity contribution is 0.112. The molecule has 0 saturated carbocycles. The first kappa shape index (κ1) is 12.2. The van der Waals surface area contributed by atoms with Crippen molar-refractivity contribution in [3.05, 3.63) is 42.0 Å². The zero-order valence-corrected chi connectivity index (χ0v) is 9.95. The van der Waals surface area contributed by atoms with E-state index in [1.54, 1.807) is 0 Å². The highest BCUT2D eigenvalue weighted by molar-refractivity contribution is 5.90. The van der Waals surface area contributed by atoms with Gasteiger partial charge in [0, 0.05) is 18.3 Å². The highest BCUT2D eigenvalue weighted by atomic mass is 16.1. The third kappa shape index (κ3) is 2.60. The van der Waals surface area contributed by atoms with Crippen LogP contribution >= 0.6 is 0 Å². The quantitative estimate of drug-likeness (QED) is 0.773. The zero-order chi connectivity index (χ0) is 12.0. The first-order chi connectivity index (χ1) is 7.83. The van der Waals surface area contributed by atoms with Gasteiger partial charge in [-0.2, -0.15) is 0 Å². The fourth-order valence-corrected chi connectivity index (χ4v) is 1.49. The molecule has 0 aliphatic heterocycles. The highest BCUT2D eigenvalue weighted by Gasteiger charge is 1.96. The number of benzene rings is 2. The molecule has 0 atom stereocenters. The van der Waals surface area contributed by atoms with E-state index in [1.807, 2.05) is 51.2 Å². The standard InChI is InChI=1S/C12H11NO.C2H6/c1-13-12-5-4-10-6-9(8-14)2-3-11(10)7-12;1-2/h2-8,13H,1H3;1-2H3. The maximum absolute atomic E-state index is 10.6. The van der Waals surface area contributed by atoms with E-state index in [4.69, 9.17) is 0 Å². The van der Waals surface area contributed by atoms with Gasteiger partial charge in [-0.25, -0.2) is 0 Å². The van der Waals surface area contributed by atoms with Gasteiger partial charge in [0.2, 0.25) is 0 Å². The van der Waals surface area contributed by atoms with Gasteiger partial charge in [-0.1, -0.05) is 32.0 Å². The zero-order valence-electron chi connectivity index (χ0n) is 9.95. The Morgan fingerprint density at radius 3 is 2.25 bits per heavy atom. The maximum atomic E-state index is 10.6. The van der Waals surface area contributed by atoms with Crippen molar-refractivity contribution in [3.8, 4) is 0 Å². The number of carbonyl (C=O) groups is 1. The van der Waals surface area contributed by atoms with Gasteiger partial charge in [0.1, 0.15) is 6.29 Å². The fraction of sp³-hybridized carbons (Fsp3) is 0.214. The van der Waals surface area contributed by atoms with Crippen molar-refractivity contribution in [2.45, 2.75) is 13.8 Å². The van der Waals surface area contributed by atoms with Gasteiger partial charge in [-0.15, -0.1) is 0 Å². The van der Waals surface area contributed by atoms with Gasteiger partial charge in [0.05, 0.1) is 0 Å². The minimum Gasteiger partial charge on any atom is -0.388 e. The van der Waals surface area contributed by atoms with E-state index >= 15 is 0 Å². The fourth-order valence-electron chi connectivity index (χ4n) is 1.49. The van der Waals surface area contributed by atoms with Crippen molar-refractivity contribution in [1.82, 2.24) is 0 Å². The molecule has 0 spiro atoms. The monoisotopic (exact) mass is 215 g/mol. The Bertz CT molecular complexity index is 477. The average Bonchev–Trinajstić information content (AvgIpc) is 2.39. The Kier molecular flexibility index (Phi) is 4.52. The maximum Gasteiger partial charge on any atom is 0.150 e. The molecule has 0 unspecified atom stereocenters. The Balaban J connectivity index is 0.000000606. The van der Waals surface area contributed by atoms with Crippen molar-refractivity contribution in [2.24, 2.45) is 0 Å². The Hall–Kier alpha value is -1.83. The Morgan fingerprint density at radius 1 is 1.00 bits per heavy atom. The molecular formula is C14H17NO. The molecule has 0 aliphatic carbocycles. The molecule has 2 aromatic carbocycles. The van der Waals surface area contributed by atoms with Crippen LogP contribution in [0.15, 0.2) is 36.4 Å². The van der Waals surface area contributed by atoms with Gasteiger partial charge in [-0.3, -0.25) is 4.79 Å². The summed E-state index contributed by atoms with van der Waals surface area (Å²) >= 11 is 0. The van der Waals surface area contributed by atoms with Crippen LogP contribution in [0.5, 0.6) is 0 Å². The molecule has 2 nitrogen and oxygen atoms in total. The Labute approximate surface area is 96.3 Å². The molecule has 1 N–H and O–H groups in total. The van der Waals surface area contributed by atoms with Crippen LogP contribution in [0, 0.1) is 0 Å². The van der Waals surface area contributed by atoms with E-state index in [2.05, 4.69) is 11.4 Å². The van der Waals surface area contributed by atoms with Crippen molar-refractivity contribution >= 4 is 22.7 Å². The number of hydrogen-bond acceptors (Lipinski definition) is 2. The van der Waals surface area contributed by atoms with Gasteiger partial charge >= 0.3 is 0 Å². The summed E-state index contributed by atoms with van der Waals surface area (Å²) in [6, 6.07) is 11.7. The summed E-state index contributed by atoms with van der Waals surface area (Å²) in [5.74, 6) is 0. The SMILES string of the molecule is CC.CNc1ccc2cc(C=O)ccc2c1. The van der Waals surface area contributed by atoms with E-state index in [0.717, 1.165) is 28.3 Å². The van der Waals surface area contributed by atoms with Crippen LogP contribution in [0.4, 0.5) is 5.69 Å². The van der Waals surface area contributed by atoms with Crippen molar-refractivity contribution < 1.29 is 4.79 Å². The van der Waals surface area contributed by atoms with Gasteiger partial charge in [0.15, 0.2) is 0 Å². The number of rotatable bonds is 2. The van der Waals surface area contributed by atoms with Crippen molar-refractivity contribution in [3.63, 3.8) is 0 Å². The van der Waals surface area contributed by atoms with Crippen LogP contribution in [0.1, 0.15) is 24.2 Å². The second-order valence-electron chi connectivity index (χ2n) is 3.19. The average molecular weight is 215 g/mol. The molecule has 0 radical (unpaired) electrons. The van der Waals surface area contributed by atoms with Gasteiger partial charge in [0.25, 0.3) is 0 Å². The number of fused-ring (bicyclic) bond motifs is 1. The van der Waals surface area contributed by atoms with Crippen LogP contribution in [-0.2, 0) is 0 Å². The van der Waals surface area contributed by atoms with E-state index < -0.39 is 0 Å². The third-order valence-corrected chi connectivity index (χ3v) is 2.29. The topological polar surface area (TPSA) is 29.1 Å². The summed E-state index contributed by atoms with van der Waals surface area (Å²) < 4.78 is 0. The molecule has 0 heterocycles. The summed E-state index contributed by atoms with van der Waals surface area (Å²) in [4.78, 5) is 10.6. The number of aldehydes is 1. The van der Waals surface area contributed by atoms with Crippen LogP contribution in [0.2, 0.25) is 0 Å². The van der Waals surface area contributed by atoms with Crippen molar-refractivity contribution in [2.75, 3.05) is 12.4 Å². The molecule has 16 heavy (non-hydrogen) atoms. The van der Waals surface area contributed by atoms with E-state index in [1.165, 1.54) is 0 Å². The van der Waals surface area contributed by atoms with E-state index in [-0.39, 0.29) is 0 Å². The van der Waals surface area contributed by atoms with E-state index in [0.29, 0.717) is 0 Å². The minimum atomic E-state index is 0.717. The number of carbonyl (C=O) groups excluding carboxylic acids is 1. The summed E-state index contributed by atoms with van der Waals surface area (Å²) in [5, 5.41) is 5.31. The second kappa shape index (κ2) is 5.91. The molecule has 2 aromatic rings. The predicted octanol–water partition coefficient (Wildman–Crippen LogP) is 3.72. The summed E-state index contributed by atoms with van der Waals surface area (Å²) in [6.45, 7) is 4.00.